The quantitative estimate of drug-likeness (QED) is 0.643. The smallest absolute Gasteiger partial charge is 0.336 e. The largest absolute Gasteiger partial charge is 0.423 e. The third-order valence-corrected chi connectivity index (χ3v) is 6.43. The molecule has 3 heterocycles. The first-order valence-corrected chi connectivity index (χ1v) is 10.6. The van der Waals surface area contributed by atoms with Gasteiger partial charge in [-0.05, 0) is 54.1 Å². The maximum Gasteiger partial charge on any atom is 0.336 e. The molecule has 1 fully saturated rings. The van der Waals surface area contributed by atoms with Crippen molar-refractivity contribution in [1.29, 1.82) is 0 Å². The van der Waals surface area contributed by atoms with Crippen molar-refractivity contribution in [3.8, 4) is 0 Å². The summed E-state index contributed by atoms with van der Waals surface area (Å²) in [4.78, 5) is 15.9. The van der Waals surface area contributed by atoms with Gasteiger partial charge in [-0.3, -0.25) is 4.90 Å². The van der Waals surface area contributed by atoms with Crippen LogP contribution in [0.5, 0.6) is 0 Å². The first-order chi connectivity index (χ1) is 13.6. The number of fused-ring (bicyclic) bond motifs is 1. The highest BCUT2D eigenvalue weighted by atomic mass is 32.1. The first-order valence-electron chi connectivity index (χ1n) is 9.72. The molecule has 5 nitrogen and oxygen atoms in total. The molecule has 28 heavy (non-hydrogen) atoms. The number of nitrogens with zero attached hydrogens (tertiary/aromatic N) is 1. The Morgan fingerprint density at radius 2 is 1.96 bits per heavy atom. The summed E-state index contributed by atoms with van der Waals surface area (Å²) in [6.07, 6.45) is 0. The fourth-order valence-corrected chi connectivity index (χ4v) is 4.61. The van der Waals surface area contributed by atoms with Gasteiger partial charge in [0.15, 0.2) is 0 Å². The summed E-state index contributed by atoms with van der Waals surface area (Å²) in [6.45, 7) is 9.04. The van der Waals surface area contributed by atoms with E-state index in [9.17, 15) is 4.79 Å². The molecule has 148 valence electrons. The van der Waals surface area contributed by atoms with E-state index < -0.39 is 0 Å². The Labute approximate surface area is 168 Å². The predicted molar refractivity (Wildman–Crippen MR) is 113 cm³/mol. The Hall–Kier alpha value is -1.99. The average molecular weight is 399 g/mol. The number of benzene rings is 1. The summed E-state index contributed by atoms with van der Waals surface area (Å²) in [5, 5.41) is 6.72. The molecule has 0 bridgehead atoms. The van der Waals surface area contributed by atoms with E-state index in [0.717, 1.165) is 49.4 Å². The molecule has 0 unspecified atom stereocenters. The number of aryl methyl sites for hydroxylation is 2. The van der Waals surface area contributed by atoms with Crippen molar-refractivity contribution in [2.24, 2.45) is 0 Å². The van der Waals surface area contributed by atoms with Crippen molar-refractivity contribution in [2.45, 2.75) is 26.4 Å². The second-order valence-electron chi connectivity index (χ2n) is 7.33. The summed E-state index contributed by atoms with van der Waals surface area (Å²) in [6, 6.07) is 10.3. The zero-order chi connectivity index (χ0) is 19.5. The summed E-state index contributed by atoms with van der Waals surface area (Å²) in [5.74, 6) is 0. The minimum absolute atomic E-state index is 0.296. The van der Waals surface area contributed by atoms with Gasteiger partial charge in [0, 0.05) is 42.5 Å². The van der Waals surface area contributed by atoms with Gasteiger partial charge in [0.25, 0.3) is 0 Å². The number of rotatable bonds is 6. The van der Waals surface area contributed by atoms with Crippen LogP contribution in [0.1, 0.15) is 27.6 Å². The van der Waals surface area contributed by atoms with Crippen molar-refractivity contribution in [1.82, 2.24) is 10.2 Å². The SMILES string of the molecule is Cc1cc2oc(=O)cc(CNC[C@@H](c3cccs3)N3CCOCC3)c2cc1C. The highest BCUT2D eigenvalue weighted by Gasteiger charge is 2.23. The lowest BCUT2D eigenvalue weighted by atomic mass is 10.0. The van der Waals surface area contributed by atoms with Crippen molar-refractivity contribution in [3.05, 3.63) is 67.7 Å². The van der Waals surface area contributed by atoms with Crippen molar-refractivity contribution >= 4 is 22.3 Å². The lowest BCUT2D eigenvalue weighted by Gasteiger charge is -2.34. The molecule has 2 aromatic heterocycles. The maximum absolute atomic E-state index is 12.0. The minimum Gasteiger partial charge on any atom is -0.423 e. The summed E-state index contributed by atoms with van der Waals surface area (Å²) in [5.41, 5.74) is 3.69. The summed E-state index contributed by atoms with van der Waals surface area (Å²) < 4.78 is 10.9. The molecule has 6 heteroatoms. The zero-order valence-corrected chi connectivity index (χ0v) is 17.2. The molecule has 1 aromatic carbocycles. The fraction of sp³-hybridized carbons (Fsp3) is 0.409. The molecule has 0 amide bonds. The summed E-state index contributed by atoms with van der Waals surface area (Å²) in [7, 11) is 0. The number of ether oxygens (including phenoxy) is 1. The van der Waals surface area contributed by atoms with Gasteiger partial charge in [0.2, 0.25) is 0 Å². The Morgan fingerprint density at radius 1 is 1.18 bits per heavy atom. The molecule has 1 aliphatic heterocycles. The van der Waals surface area contributed by atoms with Gasteiger partial charge in [-0.25, -0.2) is 4.79 Å². The molecule has 1 saturated heterocycles. The average Bonchev–Trinajstić information content (AvgIpc) is 3.21. The molecular weight excluding hydrogens is 372 g/mol. The predicted octanol–water partition coefficient (Wildman–Crippen LogP) is 3.63. The van der Waals surface area contributed by atoms with Crippen LogP contribution in [0.25, 0.3) is 11.0 Å². The monoisotopic (exact) mass is 398 g/mol. The lowest BCUT2D eigenvalue weighted by Crippen LogP contribution is -2.42. The third-order valence-electron chi connectivity index (χ3n) is 5.46. The van der Waals surface area contributed by atoms with E-state index in [2.05, 4.69) is 40.7 Å². The molecular formula is C22H26N2O3S. The van der Waals surface area contributed by atoms with Crippen LogP contribution in [0.4, 0.5) is 0 Å². The number of morpholine rings is 1. The van der Waals surface area contributed by atoms with Crippen LogP contribution in [0, 0.1) is 13.8 Å². The highest BCUT2D eigenvalue weighted by molar-refractivity contribution is 7.10. The molecule has 0 saturated carbocycles. The van der Waals surface area contributed by atoms with Gasteiger partial charge in [0.05, 0.1) is 19.3 Å². The molecule has 0 radical (unpaired) electrons. The Morgan fingerprint density at radius 3 is 2.71 bits per heavy atom. The van der Waals surface area contributed by atoms with Crippen LogP contribution >= 0.6 is 11.3 Å². The normalized spacial score (nSPS) is 16.5. The first kappa shape index (κ1) is 19.3. The Kier molecular flexibility index (Phi) is 5.92. The second-order valence-corrected chi connectivity index (χ2v) is 8.31. The van der Waals surface area contributed by atoms with E-state index in [1.807, 2.05) is 13.0 Å². The Balaban J connectivity index is 1.53. The summed E-state index contributed by atoms with van der Waals surface area (Å²) >= 11 is 1.79. The standard InChI is InChI=1S/C22H26N2O3S/c1-15-10-18-17(12-22(25)27-20(18)11-16(15)2)13-23-14-19(21-4-3-9-28-21)24-5-7-26-8-6-24/h3-4,9-12,19,23H,5-8,13-14H2,1-2H3/t19-/m0/s1. The van der Waals surface area contributed by atoms with E-state index in [1.54, 1.807) is 17.4 Å². The van der Waals surface area contributed by atoms with E-state index in [0.29, 0.717) is 18.2 Å². The molecule has 1 atom stereocenters. The van der Waals surface area contributed by atoms with Crippen LogP contribution in [0.15, 0.2) is 44.9 Å². The van der Waals surface area contributed by atoms with Gasteiger partial charge in [-0.2, -0.15) is 0 Å². The van der Waals surface area contributed by atoms with Gasteiger partial charge in [-0.15, -0.1) is 11.3 Å². The molecule has 3 aromatic rings. The molecule has 1 aliphatic rings. The third kappa shape index (κ3) is 4.20. The van der Waals surface area contributed by atoms with E-state index >= 15 is 0 Å². The minimum atomic E-state index is -0.296. The van der Waals surface area contributed by atoms with Crippen molar-refractivity contribution in [2.75, 3.05) is 32.8 Å². The number of hydrogen-bond acceptors (Lipinski definition) is 6. The molecule has 0 spiro atoms. The van der Waals surface area contributed by atoms with Crippen LogP contribution in [0.2, 0.25) is 0 Å². The Bertz CT molecular complexity index is 991. The fourth-order valence-electron chi connectivity index (χ4n) is 3.75. The maximum atomic E-state index is 12.0. The number of thiophene rings is 1. The second kappa shape index (κ2) is 8.57. The zero-order valence-electron chi connectivity index (χ0n) is 16.4. The molecule has 1 N–H and O–H groups in total. The van der Waals surface area contributed by atoms with Crippen molar-refractivity contribution in [3.63, 3.8) is 0 Å². The lowest BCUT2D eigenvalue weighted by molar-refractivity contribution is 0.0168. The van der Waals surface area contributed by atoms with E-state index in [-0.39, 0.29) is 5.63 Å². The van der Waals surface area contributed by atoms with E-state index in [1.165, 1.54) is 10.4 Å². The van der Waals surface area contributed by atoms with Gasteiger partial charge >= 0.3 is 5.63 Å². The van der Waals surface area contributed by atoms with Crippen LogP contribution in [0.3, 0.4) is 0 Å². The number of nitrogens with one attached hydrogen (secondary N) is 1. The number of hydrogen-bond donors (Lipinski definition) is 1. The topological polar surface area (TPSA) is 54.7 Å². The van der Waals surface area contributed by atoms with Gasteiger partial charge < -0.3 is 14.5 Å². The highest BCUT2D eigenvalue weighted by Crippen LogP contribution is 2.26. The van der Waals surface area contributed by atoms with Crippen LogP contribution in [-0.4, -0.2) is 37.7 Å². The van der Waals surface area contributed by atoms with Crippen LogP contribution in [-0.2, 0) is 11.3 Å². The van der Waals surface area contributed by atoms with Gasteiger partial charge in [0.1, 0.15) is 5.58 Å². The van der Waals surface area contributed by atoms with Crippen molar-refractivity contribution < 1.29 is 9.15 Å². The van der Waals surface area contributed by atoms with Crippen LogP contribution < -0.4 is 10.9 Å². The molecule has 4 rings (SSSR count). The van der Waals surface area contributed by atoms with Gasteiger partial charge in [-0.1, -0.05) is 6.07 Å². The van der Waals surface area contributed by atoms with E-state index in [4.69, 9.17) is 9.15 Å². The molecule has 0 aliphatic carbocycles.